The summed E-state index contributed by atoms with van der Waals surface area (Å²) in [5.41, 5.74) is 4.45. The number of nitrogens with one attached hydrogen (secondary N) is 1. The van der Waals surface area contributed by atoms with Crippen molar-refractivity contribution < 1.29 is 0 Å². The Morgan fingerprint density at radius 1 is 1.06 bits per heavy atom. The van der Waals surface area contributed by atoms with E-state index in [0.717, 1.165) is 6.54 Å². The highest BCUT2D eigenvalue weighted by molar-refractivity contribution is 5.31. The summed E-state index contributed by atoms with van der Waals surface area (Å²) >= 11 is 0. The van der Waals surface area contributed by atoms with Gasteiger partial charge in [-0.1, -0.05) is 57.0 Å². The summed E-state index contributed by atoms with van der Waals surface area (Å²) in [5.74, 6) is 0. The van der Waals surface area contributed by atoms with Gasteiger partial charge in [-0.25, -0.2) is 0 Å². The average molecular weight is 247 g/mol. The zero-order valence-corrected chi connectivity index (χ0v) is 12.9. The number of rotatable bonds is 6. The van der Waals surface area contributed by atoms with Gasteiger partial charge in [-0.2, -0.15) is 0 Å². The normalized spacial score (nSPS) is 13.7. The Bertz CT molecular complexity index is 359. The Morgan fingerprint density at radius 2 is 1.61 bits per heavy atom. The highest BCUT2D eigenvalue weighted by Crippen LogP contribution is 2.36. The van der Waals surface area contributed by atoms with Crippen LogP contribution >= 0.6 is 0 Å². The number of hydrogen-bond donors (Lipinski definition) is 1. The van der Waals surface area contributed by atoms with E-state index >= 15 is 0 Å². The van der Waals surface area contributed by atoms with Crippen molar-refractivity contribution in [2.24, 2.45) is 5.41 Å². The van der Waals surface area contributed by atoms with Gasteiger partial charge in [0.15, 0.2) is 0 Å². The minimum atomic E-state index is 0.287. The molecule has 0 radical (unpaired) electrons. The van der Waals surface area contributed by atoms with E-state index in [1.54, 1.807) is 0 Å². The maximum Gasteiger partial charge on any atom is 0.0371 e. The van der Waals surface area contributed by atoms with Crippen molar-refractivity contribution in [3.8, 4) is 0 Å². The lowest BCUT2D eigenvalue weighted by Gasteiger charge is -2.35. The first-order chi connectivity index (χ1) is 8.40. The molecule has 18 heavy (non-hydrogen) atoms. The van der Waals surface area contributed by atoms with Gasteiger partial charge in [0.2, 0.25) is 0 Å². The van der Waals surface area contributed by atoms with Crippen LogP contribution in [0.15, 0.2) is 18.2 Å². The van der Waals surface area contributed by atoms with Gasteiger partial charge in [-0.3, -0.25) is 0 Å². The van der Waals surface area contributed by atoms with Crippen molar-refractivity contribution in [2.75, 3.05) is 6.54 Å². The van der Waals surface area contributed by atoms with Crippen LogP contribution in [0.4, 0.5) is 0 Å². The lowest BCUT2D eigenvalue weighted by molar-refractivity contribution is 0.234. The summed E-state index contributed by atoms with van der Waals surface area (Å²) < 4.78 is 0. The largest absolute Gasteiger partial charge is 0.309 e. The predicted molar refractivity (Wildman–Crippen MR) is 81.0 cm³/mol. The van der Waals surface area contributed by atoms with E-state index in [-0.39, 0.29) is 5.41 Å². The Kier molecular flexibility index (Phi) is 5.40. The molecule has 0 fully saturated rings. The average Bonchev–Trinajstić information content (AvgIpc) is 2.28. The highest BCUT2D eigenvalue weighted by atomic mass is 14.9. The molecule has 0 bridgehead atoms. The molecule has 0 aliphatic carbocycles. The second-order valence-electron chi connectivity index (χ2n) is 6.15. The van der Waals surface area contributed by atoms with Crippen molar-refractivity contribution in [3.05, 3.63) is 34.9 Å². The third-order valence-corrected chi connectivity index (χ3v) is 3.87. The van der Waals surface area contributed by atoms with Crippen molar-refractivity contribution in [2.45, 2.75) is 60.4 Å². The van der Waals surface area contributed by atoms with Crippen LogP contribution in [0.3, 0.4) is 0 Å². The molecule has 0 aromatic heterocycles. The zero-order chi connectivity index (χ0) is 13.8. The van der Waals surface area contributed by atoms with Crippen molar-refractivity contribution in [1.29, 1.82) is 0 Å². The van der Waals surface area contributed by atoms with E-state index in [0.29, 0.717) is 6.04 Å². The molecule has 0 saturated heterocycles. The molecule has 0 saturated carbocycles. The fourth-order valence-electron chi connectivity index (χ4n) is 2.51. The first-order valence-corrected chi connectivity index (χ1v) is 7.22. The summed E-state index contributed by atoms with van der Waals surface area (Å²) in [5, 5.41) is 3.73. The second kappa shape index (κ2) is 6.38. The molecule has 1 atom stereocenters. The van der Waals surface area contributed by atoms with Gasteiger partial charge in [-0.15, -0.1) is 0 Å². The van der Waals surface area contributed by atoms with Crippen molar-refractivity contribution in [1.82, 2.24) is 5.32 Å². The maximum atomic E-state index is 3.73. The smallest absolute Gasteiger partial charge is 0.0371 e. The minimum absolute atomic E-state index is 0.287. The zero-order valence-electron chi connectivity index (χ0n) is 12.9. The number of aryl methyl sites for hydroxylation is 2. The molecule has 1 rings (SSSR count). The number of benzene rings is 1. The lowest BCUT2D eigenvalue weighted by Crippen LogP contribution is -2.34. The third-order valence-electron chi connectivity index (χ3n) is 3.87. The van der Waals surface area contributed by atoms with Gasteiger partial charge in [0.1, 0.15) is 0 Å². The van der Waals surface area contributed by atoms with E-state index in [1.165, 1.54) is 29.5 Å². The standard InChI is InChI=1S/C17H29N/c1-7-9-18-16(17(5,6)8-2)15-11-13(3)10-14(4)12-15/h10-12,16,18H,7-9H2,1-6H3. The molecule has 0 amide bonds. The fraction of sp³-hybridized carbons (Fsp3) is 0.647. The van der Waals surface area contributed by atoms with Crippen LogP contribution < -0.4 is 5.32 Å². The molecular formula is C17H29N. The van der Waals surface area contributed by atoms with E-state index in [1.807, 2.05) is 0 Å². The second-order valence-corrected chi connectivity index (χ2v) is 6.15. The van der Waals surface area contributed by atoms with Gasteiger partial charge in [0, 0.05) is 6.04 Å². The van der Waals surface area contributed by atoms with Gasteiger partial charge in [0.05, 0.1) is 0 Å². The first kappa shape index (κ1) is 15.2. The van der Waals surface area contributed by atoms with Crippen LogP contribution in [0, 0.1) is 19.3 Å². The Morgan fingerprint density at radius 3 is 2.06 bits per heavy atom. The first-order valence-electron chi connectivity index (χ1n) is 7.22. The summed E-state index contributed by atoms with van der Waals surface area (Å²) in [7, 11) is 0. The van der Waals surface area contributed by atoms with Crippen LogP contribution in [-0.4, -0.2) is 6.54 Å². The molecule has 1 N–H and O–H groups in total. The predicted octanol–water partition coefficient (Wildman–Crippen LogP) is 4.78. The molecule has 0 heterocycles. The third kappa shape index (κ3) is 3.84. The fourth-order valence-corrected chi connectivity index (χ4v) is 2.51. The Labute approximate surface area is 113 Å². The van der Waals surface area contributed by atoms with Crippen LogP contribution in [0.5, 0.6) is 0 Å². The van der Waals surface area contributed by atoms with E-state index in [2.05, 4.69) is 65.1 Å². The molecule has 0 spiro atoms. The SMILES string of the molecule is CCCNC(c1cc(C)cc(C)c1)C(C)(C)CC. The monoisotopic (exact) mass is 247 g/mol. The number of hydrogen-bond acceptors (Lipinski definition) is 1. The van der Waals surface area contributed by atoms with Crippen molar-refractivity contribution >= 4 is 0 Å². The summed E-state index contributed by atoms with van der Waals surface area (Å²) in [6.07, 6.45) is 2.36. The topological polar surface area (TPSA) is 12.0 Å². The lowest BCUT2D eigenvalue weighted by atomic mass is 9.77. The molecule has 0 aliphatic rings. The summed E-state index contributed by atoms with van der Waals surface area (Å²) in [6, 6.07) is 7.36. The maximum absolute atomic E-state index is 3.73. The van der Waals surface area contributed by atoms with Gasteiger partial charge < -0.3 is 5.32 Å². The van der Waals surface area contributed by atoms with E-state index in [9.17, 15) is 0 Å². The van der Waals surface area contributed by atoms with Crippen LogP contribution in [-0.2, 0) is 0 Å². The van der Waals surface area contributed by atoms with Crippen LogP contribution in [0.2, 0.25) is 0 Å². The molecular weight excluding hydrogens is 218 g/mol. The van der Waals surface area contributed by atoms with Crippen LogP contribution in [0.25, 0.3) is 0 Å². The van der Waals surface area contributed by atoms with Crippen molar-refractivity contribution in [3.63, 3.8) is 0 Å². The van der Waals surface area contributed by atoms with Gasteiger partial charge in [-0.05, 0) is 44.2 Å². The molecule has 1 heteroatoms. The quantitative estimate of drug-likeness (QED) is 0.763. The van der Waals surface area contributed by atoms with Gasteiger partial charge >= 0.3 is 0 Å². The molecule has 1 aromatic carbocycles. The Balaban J connectivity index is 3.08. The molecule has 1 unspecified atom stereocenters. The molecule has 0 aliphatic heterocycles. The summed E-state index contributed by atoms with van der Waals surface area (Å²) in [4.78, 5) is 0. The molecule has 102 valence electrons. The van der Waals surface area contributed by atoms with Crippen LogP contribution in [0.1, 0.15) is 63.3 Å². The minimum Gasteiger partial charge on any atom is -0.309 e. The van der Waals surface area contributed by atoms with E-state index in [4.69, 9.17) is 0 Å². The van der Waals surface area contributed by atoms with E-state index < -0.39 is 0 Å². The Hall–Kier alpha value is -0.820. The summed E-state index contributed by atoms with van der Waals surface area (Å²) in [6.45, 7) is 14.7. The highest BCUT2D eigenvalue weighted by Gasteiger charge is 2.28. The van der Waals surface area contributed by atoms with Gasteiger partial charge in [0.25, 0.3) is 0 Å². The molecule has 1 aromatic rings. The molecule has 1 nitrogen and oxygen atoms in total.